The molecule has 5 heteroatoms. The van der Waals surface area contributed by atoms with Gasteiger partial charge in [0.25, 0.3) is 0 Å². The molecule has 1 heterocycles. The number of aromatic nitrogens is 1. The molecule has 0 N–H and O–H groups in total. The molecule has 0 radical (unpaired) electrons. The van der Waals surface area contributed by atoms with Crippen molar-refractivity contribution < 1.29 is 9.53 Å². The van der Waals surface area contributed by atoms with E-state index in [-0.39, 0.29) is 22.8 Å². The summed E-state index contributed by atoms with van der Waals surface area (Å²) in [5.74, 6) is 0.661. The summed E-state index contributed by atoms with van der Waals surface area (Å²) in [5.41, 5.74) is 1.45. The molecule has 1 aromatic heterocycles. The summed E-state index contributed by atoms with van der Waals surface area (Å²) < 4.78 is 5.11. The summed E-state index contributed by atoms with van der Waals surface area (Å²) in [6.07, 6.45) is 3.36. The lowest BCUT2D eigenvalue weighted by Gasteiger charge is -2.09. The summed E-state index contributed by atoms with van der Waals surface area (Å²) in [5, 5.41) is 0. The Bertz CT molecular complexity index is 546. The fraction of sp³-hybridized carbons (Fsp3) is 0.143. The minimum Gasteiger partial charge on any atom is -0.497 e. The number of carbonyl (C=O) groups excluding carboxylic acids is 1. The van der Waals surface area contributed by atoms with Crippen molar-refractivity contribution in [2.24, 2.45) is 0 Å². The molecule has 1 aromatic carbocycles. The summed E-state index contributed by atoms with van der Waals surface area (Å²) in [6.45, 7) is 0. The third kappa shape index (κ3) is 3.88. The monoisotopic (exact) mass is 385 g/mol. The van der Waals surface area contributed by atoms with Crippen LogP contribution in [0, 0.1) is 0 Å². The van der Waals surface area contributed by atoms with Crippen molar-refractivity contribution in [2.45, 2.75) is 4.83 Å². The van der Waals surface area contributed by atoms with E-state index in [0.29, 0.717) is 11.3 Å². The van der Waals surface area contributed by atoms with Gasteiger partial charge in [0.05, 0.1) is 7.11 Å². The molecule has 0 spiro atoms. The molecule has 0 aliphatic rings. The molecular formula is C14H13Br2NO2. The molecule has 100 valence electrons. The molecule has 1 atom stereocenters. The van der Waals surface area contributed by atoms with Gasteiger partial charge in [-0.2, -0.15) is 0 Å². The number of ether oxygens (including phenoxy) is 1. The zero-order valence-electron chi connectivity index (χ0n) is 10.2. The zero-order valence-corrected chi connectivity index (χ0v) is 13.5. The maximum atomic E-state index is 12.3. The molecule has 0 aliphatic carbocycles. The average Bonchev–Trinajstić information content (AvgIpc) is 2.46. The standard InChI is InChI=1S/C14H12BrNO2.BrH/c1-18-12-6-2-4-10(8-12)14(17)13(15)11-5-3-7-16-9-11;/h2-9,13H,1H3;1H. The predicted molar refractivity (Wildman–Crippen MR) is 83.6 cm³/mol. The lowest BCUT2D eigenvalue weighted by molar-refractivity contribution is 0.0991. The van der Waals surface area contributed by atoms with E-state index >= 15 is 0 Å². The van der Waals surface area contributed by atoms with Crippen molar-refractivity contribution in [3.05, 3.63) is 59.9 Å². The second-order valence-corrected chi connectivity index (χ2v) is 4.66. The minimum absolute atomic E-state index is 0. The van der Waals surface area contributed by atoms with E-state index < -0.39 is 4.83 Å². The quantitative estimate of drug-likeness (QED) is 0.589. The number of rotatable bonds is 4. The Morgan fingerprint density at radius 3 is 2.74 bits per heavy atom. The van der Waals surface area contributed by atoms with Crippen LogP contribution in [0.4, 0.5) is 0 Å². The van der Waals surface area contributed by atoms with Crippen molar-refractivity contribution in [1.29, 1.82) is 0 Å². The first-order chi connectivity index (χ1) is 8.72. The highest BCUT2D eigenvalue weighted by Gasteiger charge is 2.19. The van der Waals surface area contributed by atoms with Crippen LogP contribution in [-0.4, -0.2) is 17.9 Å². The lowest BCUT2D eigenvalue weighted by Crippen LogP contribution is -2.07. The van der Waals surface area contributed by atoms with Crippen molar-refractivity contribution in [2.75, 3.05) is 7.11 Å². The van der Waals surface area contributed by atoms with Crippen LogP contribution in [0.15, 0.2) is 48.8 Å². The Morgan fingerprint density at radius 1 is 1.32 bits per heavy atom. The van der Waals surface area contributed by atoms with Gasteiger partial charge >= 0.3 is 0 Å². The van der Waals surface area contributed by atoms with Gasteiger partial charge in [0.1, 0.15) is 10.6 Å². The minimum atomic E-state index is -0.390. The van der Waals surface area contributed by atoms with Crippen LogP contribution in [0.25, 0.3) is 0 Å². The predicted octanol–water partition coefficient (Wildman–Crippen LogP) is 3.99. The number of benzene rings is 1. The van der Waals surface area contributed by atoms with Crippen molar-refractivity contribution in [1.82, 2.24) is 4.98 Å². The smallest absolute Gasteiger partial charge is 0.181 e. The summed E-state index contributed by atoms with van der Waals surface area (Å²) in [4.78, 5) is 15.9. The number of ketones is 1. The topological polar surface area (TPSA) is 39.2 Å². The van der Waals surface area contributed by atoms with Gasteiger partial charge in [-0.3, -0.25) is 9.78 Å². The van der Waals surface area contributed by atoms with E-state index in [9.17, 15) is 4.79 Å². The number of carbonyl (C=O) groups is 1. The van der Waals surface area contributed by atoms with Gasteiger partial charge in [-0.05, 0) is 23.8 Å². The highest BCUT2D eigenvalue weighted by atomic mass is 79.9. The Hall–Kier alpha value is -1.20. The molecule has 1 unspecified atom stereocenters. The lowest BCUT2D eigenvalue weighted by atomic mass is 10.0. The fourth-order valence-electron chi connectivity index (χ4n) is 1.60. The van der Waals surface area contributed by atoms with Crippen LogP contribution in [0.1, 0.15) is 20.7 Å². The third-order valence-electron chi connectivity index (χ3n) is 2.56. The van der Waals surface area contributed by atoms with Crippen LogP contribution in [0.5, 0.6) is 5.75 Å². The number of hydrogen-bond acceptors (Lipinski definition) is 3. The van der Waals surface area contributed by atoms with Crippen LogP contribution in [-0.2, 0) is 0 Å². The first kappa shape index (κ1) is 15.9. The number of Topliss-reactive ketones (excluding diaryl/α,β-unsaturated/α-hetero) is 1. The molecule has 3 nitrogen and oxygen atoms in total. The van der Waals surface area contributed by atoms with E-state index in [2.05, 4.69) is 20.9 Å². The number of alkyl halides is 1. The van der Waals surface area contributed by atoms with Crippen LogP contribution in [0.2, 0.25) is 0 Å². The molecule has 0 saturated heterocycles. The molecule has 0 saturated carbocycles. The summed E-state index contributed by atoms with van der Waals surface area (Å²) in [7, 11) is 1.58. The highest BCUT2D eigenvalue weighted by molar-refractivity contribution is 9.09. The molecular weight excluding hydrogens is 374 g/mol. The molecule has 2 aromatic rings. The van der Waals surface area contributed by atoms with Gasteiger partial charge in [0, 0.05) is 18.0 Å². The van der Waals surface area contributed by atoms with E-state index in [4.69, 9.17) is 4.74 Å². The zero-order chi connectivity index (χ0) is 13.0. The SMILES string of the molecule is Br.COc1cccc(C(=O)C(Br)c2cccnc2)c1. The molecule has 0 bridgehead atoms. The van der Waals surface area contributed by atoms with Crippen LogP contribution in [0.3, 0.4) is 0 Å². The van der Waals surface area contributed by atoms with Gasteiger partial charge in [0.15, 0.2) is 5.78 Å². The van der Waals surface area contributed by atoms with E-state index in [1.807, 2.05) is 18.2 Å². The number of methoxy groups -OCH3 is 1. The first-order valence-electron chi connectivity index (χ1n) is 5.44. The Morgan fingerprint density at radius 2 is 2.11 bits per heavy atom. The van der Waals surface area contributed by atoms with E-state index in [0.717, 1.165) is 5.56 Å². The maximum Gasteiger partial charge on any atom is 0.181 e. The number of halogens is 2. The maximum absolute atomic E-state index is 12.3. The summed E-state index contributed by atoms with van der Waals surface area (Å²) in [6, 6.07) is 10.8. The Balaban J connectivity index is 0.00000180. The van der Waals surface area contributed by atoms with Crippen LogP contribution >= 0.6 is 32.9 Å². The number of pyridine rings is 1. The van der Waals surface area contributed by atoms with Gasteiger partial charge in [-0.25, -0.2) is 0 Å². The third-order valence-corrected chi connectivity index (χ3v) is 3.51. The molecule has 0 aliphatic heterocycles. The Labute approximate surface area is 130 Å². The van der Waals surface area contributed by atoms with Crippen molar-refractivity contribution in [3.8, 4) is 5.75 Å². The average molecular weight is 387 g/mol. The normalized spacial score (nSPS) is 11.3. The second kappa shape index (κ2) is 7.40. The molecule has 2 rings (SSSR count). The van der Waals surface area contributed by atoms with Crippen LogP contribution < -0.4 is 4.74 Å². The first-order valence-corrected chi connectivity index (χ1v) is 6.36. The number of hydrogen-bond donors (Lipinski definition) is 0. The highest BCUT2D eigenvalue weighted by Crippen LogP contribution is 2.27. The second-order valence-electron chi connectivity index (χ2n) is 3.75. The van der Waals surface area contributed by atoms with Gasteiger partial charge < -0.3 is 4.74 Å². The van der Waals surface area contributed by atoms with Gasteiger partial charge in [0.2, 0.25) is 0 Å². The molecule has 0 fully saturated rings. The van der Waals surface area contributed by atoms with Crippen molar-refractivity contribution >= 4 is 38.7 Å². The van der Waals surface area contributed by atoms with Gasteiger partial charge in [-0.1, -0.05) is 34.1 Å². The van der Waals surface area contributed by atoms with E-state index in [1.54, 1.807) is 37.7 Å². The molecule has 0 amide bonds. The van der Waals surface area contributed by atoms with E-state index in [1.165, 1.54) is 0 Å². The van der Waals surface area contributed by atoms with Crippen molar-refractivity contribution in [3.63, 3.8) is 0 Å². The summed E-state index contributed by atoms with van der Waals surface area (Å²) >= 11 is 3.40. The molecule has 19 heavy (non-hydrogen) atoms. The fourth-order valence-corrected chi connectivity index (χ4v) is 2.14. The van der Waals surface area contributed by atoms with Gasteiger partial charge in [-0.15, -0.1) is 17.0 Å². The Kier molecular flexibility index (Phi) is 6.18. The largest absolute Gasteiger partial charge is 0.497 e. The number of nitrogens with zero attached hydrogens (tertiary/aromatic N) is 1.